The molecule has 0 fully saturated rings. The minimum absolute atomic E-state index is 0.888. The van der Waals surface area contributed by atoms with E-state index in [1.807, 2.05) is 6.07 Å². The predicted molar refractivity (Wildman–Crippen MR) is 283 cm³/mol. The number of hydrogen-bond acceptors (Lipinski definition) is 3. The van der Waals surface area contributed by atoms with Gasteiger partial charge in [-0.3, -0.25) is 0 Å². The first-order valence-corrected chi connectivity index (χ1v) is 25.8. The van der Waals surface area contributed by atoms with Crippen LogP contribution in [0.2, 0.25) is 13.1 Å². The average Bonchev–Trinajstić information content (AvgIpc) is 3.76. The summed E-state index contributed by atoms with van der Waals surface area (Å²) < 4.78 is 6.69. The van der Waals surface area contributed by atoms with Crippen LogP contribution in [0.5, 0.6) is 0 Å². The number of anilines is 6. The fourth-order valence-corrected chi connectivity index (χ4v) is 14.1. The highest BCUT2D eigenvalue weighted by Crippen LogP contribution is 2.49. The molecule has 1 aliphatic heterocycles. The van der Waals surface area contributed by atoms with Crippen molar-refractivity contribution in [2.75, 3.05) is 9.80 Å². The van der Waals surface area contributed by atoms with E-state index in [0.29, 0.717) is 0 Å². The molecule has 0 spiro atoms. The summed E-state index contributed by atoms with van der Waals surface area (Å²) in [6.07, 6.45) is 0. The van der Waals surface area contributed by atoms with Gasteiger partial charge in [-0.25, -0.2) is 0 Å². The Kier molecular flexibility index (Phi) is 8.67. The number of hydrogen-bond donors (Lipinski definition) is 0. The fourth-order valence-electron chi connectivity index (χ4n) is 11.0. The van der Waals surface area contributed by atoms with Gasteiger partial charge in [0.25, 0.3) is 0 Å². The molecule has 0 radical (unpaired) electrons. The lowest BCUT2D eigenvalue weighted by Gasteiger charge is -2.36. The van der Waals surface area contributed by atoms with Crippen LogP contribution in [0.3, 0.4) is 0 Å². The number of nitrogens with zero attached hydrogens (tertiary/aromatic N) is 2. The van der Waals surface area contributed by atoms with E-state index >= 15 is 0 Å². The quantitative estimate of drug-likeness (QED) is 0.118. The van der Waals surface area contributed by atoms with Crippen LogP contribution >= 0.6 is 0 Å². The van der Waals surface area contributed by atoms with Gasteiger partial charge in [0.05, 0.1) is 17.1 Å². The molecule has 312 valence electrons. The fraction of sp³-hybridized carbons (Fsp3) is 0.0323. The molecule has 66 heavy (non-hydrogen) atoms. The van der Waals surface area contributed by atoms with Crippen LogP contribution in [-0.4, -0.2) is 8.07 Å². The van der Waals surface area contributed by atoms with Crippen LogP contribution in [-0.2, 0) is 0 Å². The Hall–Kier alpha value is -8.18. The van der Waals surface area contributed by atoms with E-state index in [1.165, 1.54) is 64.9 Å². The van der Waals surface area contributed by atoms with Gasteiger partial charge in [-0.2, -0.15) is 0 Å². The molecule has 0 unspecified atom stereocenters. The molecule has 12 aromatic rings. The van der Waals surface area contributed by atoms with E-state index in [1.54, 1.807) is 0 Å². The second-order valence-electron chi connectivity index (χ2n) is 18.0. The molecule has 4 heteroatoms. The number of rotatable bonds is 7. The Balaban J connectivity index is 1.05. The van der Waals surface area contributed by atoms with Crippen LogP contribution in [0.1, 0.15) is 0 Å². The first-order chi connectivity index (χ1) is 32.5. The van der Waals surface area contributed by atoms with Crippen molar-refractivity contribution in [3.8, 4) is 22.3 Å². The average molecular weight is 861 g/mol. The van der Waals surface area contributed by atoms with Crippen molar-refractivity contribution in [3.05, 3.63) is 231 Å². The standard InChI is InChI=1S/C62H44N2OSi/c1-66(2)59-35-19-30-50-53-40-57(64(43-24-10-5-11-25-43)55-32-16-14-26-45(55)41-20-6-3-7-21-41)47-28-13-12-27-46(47)52(53)39-54(61(50)59)49-37-36-44(38-60(49)66)63(42-22-8-4-9-23-42)56-33-18-31-51-48-29-15-17-34-58(48)65-62(51)56/h3-40H,1-2H3. The lowest BCUT2D eigenvalue weighted by atomic mass is 9.89. The summed E-state index contributed by atoms with van der Waals surface area (Å²) in [5.41, 5.74) is 13.4. The van der Waals surface area contributed by atoms with Gasteiger partial charge in [-0.05, 0) is 121 Å². The van der Waals surface area contributed by atoms with Gasteiger partial charge < -0.3 is 14.2 Å². The number of fused-ring (bicyclic) bond motifs is 9. The molecule has 0 amide bonds. The largest absolute Gasteiger partial charge is 0.454 e. The van der Waals surface area contributed by atoms with Crippen molar-refractivity contribution in [3.63, 3.8) is 0 Å². The lowest BCUT2D eigenvalue weighted by Crippen LogP contribution is -2.56. The Labute approximate surface area is 385 Å². The number of benzene rings is 11. The smallest absolute Gasteiger partial charge is 0.159 e. The highest BCUT2D eigenvalue weighted by Gasteiger charge is 2.37. The van der Waals surface area contributed by atoms with E-state index in [-0.39, 0.29) is 0 Å². The monoisotopic (exact) mass is 860 g/mol. The molecule has 0 saturated heterocycles. The maximum Gasteiger partial charge on any atom is 0.159 e. The normalized spacial score (nSPS) is 12.8. The highest BCUT2D eigenvalue weighted by atomic mass is 28.3. The summed E-state index contributed by atoms with van der Waals surface area (Å²) in [7, 11) is -2.31. The molecule has 13 rings (SSSR count). The van der Waals surface area contributed by atoms with Crippen molar-refractivity contribution in [2.45, 2.75) is 13.1 Å². The third-order valence-corrected chi connectivity index (χ3v) is 17.5. The summed E-state index contributed by atoms with van der Waals surface area (Å²) in [5.74, 6) is 0. The van der Waals surface area contributed by atoms with Crippen LogP contribution < -0.4 is 20.2 Å². The van der Waals surface area contributed by atoms with Crippen molar-refractivity contribution in [1.29, 1.82) is 0 Å². The van der Waals surface area contributed by atoms with Crippen LogP contribution in [0.15, 0.2) is 235 Å². The minimum atomic E-state index is -2.31. The molecule has 1 aliphatic rings. The third-order valence-electron chi connectivity index (χ3n) is 14.0. The van der Waals surface area contributed by atoms with E-state index in [0.717, 1.165) is 56.1 Å². The zero-order chi connectivity index (χ0) is 43.9. The van der Waals surface area contributed by atoms with E-state index in [4.69, 9.17) is 4.42 Å². The Morgan fingerprint density at radius 3 is 1.71 bits per heavy atom. The SMILES string of the molecule is C[Si]1(C)c2cc(N(c3ccccc3)c3cccc4c3oc3ccccc34)ccc2-c2cc3c4ccccc4c(N(c4ccccc4)c4ccccc4-c4ccccc4)cc3c3cccc1c23. The van der Waals surface area contributed by atoms with Gasteiger partial charge in [0.1, 0.15) is 13.7 Å². The lowest BCUT2D eigenvalue weighted by molar-refractivity contribution is 0.669. The first kappa shape index (κ1) is 38.3. The third kappa shape index (κ3) is 5.82. The molecule has 0 aliphatic carbocycles. The highest BCUT2D eigenvalue weighted by molar-refractivity contribution is 7.03. The van der Waals surface area contributed by atoms with Gasteiger partial charge in [0.2, 0.25) is 0 Å². The zero-order valence-corrected chi connectivity index (χ0v) is 37.7. The molecule has 2 heterocycles. The van der Waals surface area contributed by atoms with Crippen LogP contribution in [0.25, 0.3) is 76.5 Å². The van der Waals surface area contributed by atoms with Gasteiger partial charge in [-0.1, -0.05) is 177 Å². The van der Waals surface area contributed by atoms with Gasteiger partial charge in [0.15, 0.2) is 5.58 Å². The maximum atomic E-state index is 6.69. The first-order valence-electron chi connectivity index (χ1n) is 22.8. The van der Waals surface area contributed by atoms with Gasteiger partial charge >= 0.3 is 0 Å². The van der Waals surface area contributed by atoms with Crippen molar-refractivity contribution in [2.24, 2.45) is 0 Å². The van der Waals surface area contributed by atoms with Crippen molar-refractivity contribution < 1.29 is 4.42 Å². The van der Waals surface area contributed by atoms with Gasteiger partial charge in [0, 0.05) is 38.8 Å². The van der Waals surface area contributed by atoms with E-state index in [9.17, 15) is 0 Å². The van der Waals surface area contributed by atoms with Crippen LogP contribution in [0, 0.1) is 0 Å². The molecule has 11 aromatic carbocycles. The second kappa shape index (κ2) is 14.9. The Morgan fingerprint density at radius 2 is 0.924 bits per heavy atom. The van der Waals surface area contributed by atoms with Crippen molar-refractivity contribution >= 4 is 107 Å². The molecule has 0 atom stereocenters. The zero-order valence-electron chi connectivity index (χ0n) is 36.7. The molecular formula is C62H44N2OSi. The van der Waals surface area contributed by atoms with Crippen molar-refractivity contribution in [1.82, 2.24) is 0 Å². The number of furan rings is 1. The second-order valence-corrected chi connectivity index (χ2v) is 22.3. The number of para-hydroxylation sites is 5. The molecule has 0 N–H and O–H groups in total. The summed E-state index contributed by atoms with van der Waals surface area (Å²) in [6.45, 7) is 5.07. The van der Waals surface area contributed by atoms with E-state index < -0.39 is 8.07 Å². The molecule has 0 bridgehead atoms. The minimum Gasteiger partial charge on any atom is -0.454 e. The summed E-state index contributed by atoms with van der Waals surface area (Å²) in [5, 5.41) is 12.8. The molecule has 0 saturated carbocycles. The Morgan fingerprint density at radius 1 is 0.333 bits per heavy atom. The predicted octanol–water partition coefficient (Wildman–Crippen LogP) is 16.5. The molecule has 3 nitrogen and oxygen atoms in total. The Bertz CT molecular complexity index is 3860. The maximum absolute atomic E-state index is 6.69. The summed E-state index contributed by atoms with van der Waals surface area (Å²) in [6, 6.07) is 84.3. The molecular weight excluding hydrogens is 817 g/mol. The van der Waals surface area contributed by atoms with Gasteiger partial charge in [-0.15, -0.1) is 0 Å². The summed E-state index contributed by atoms with van der Waals surface area (Å²) >= 11 is 0. The van der Waals surface area contributed by atoms with Crippen LogP contribution in [0.4, 0.5) is 34.1 Å². The summed E-state index contributed by atoms with van der Waals surface area (Å²) in [4.78, 5) is 4.86. The topological polar surface area (TPSA) is 19.6 Å². The molecule has 1 aromatic heterocycles. The van der Waals surface area contributed by atoms with E-state index in [2.05, 4.69) is 247 Å².